The molecule has 23 heavy (non-hydrogen) atoms. The molecular weight excluding hydrogens is 360 g/mol. The third-order valence-corrected chi connectivity index (χ3v) is 3.76. The van der Waals surface area contributed by atoms with E-state index in [1.165, 1.54) is 7.11 Å². The van der Waals surface area contributed by atoms with Crippen molar-refractivity contribution in [3.63, 3.8) is 0 Å². The maximum Gasteiger partial charge on any atom is 0.271 e. The van der Waals surface area contributed by atoms with Crippen LogP contribution in [0.4, 0.5) is 0 Å². The van der Waals surface area contributed by atoms with Gasteiger partial charge in [-0.05, 0) is 42.8 Å². The summed E-state index contributed by atoms with van der Waals surface area (Å²) in [6.45, 7) is 1.83. The molecule has 2 rings (SSSR count). The summed E-state index contributed by atoms with van der Waals surface area (Å²) >= 11 is 3.38. The first-order chi connectivity index (χ1) is 11.0. The van der Waals surface area contributed by atoms with Crippen LogP contribution in [0.3, 0.4) is 0 Å². The molecule has 0 radical (unpaired) electrons. The molecule has 5 nitrogen and oxygen atoms in total. The maximum absolute atomic E-state index is 12.2. The number of carbonyl (C=O) groups is 1. The number of carbonyl (C=O) groups excluding carboxylic acids is 1. The number of rotatable bonds is 5. The van der Waals surface area contributed by atoms with E-state index >= 15 is 0 Å². The van der Waals surface area contributed by atoms with Crippen molar-refractivity contribution in [2.45, 2.75) is 6.92 Å². The normalized spacial score (nSPS) is 11.0. The van der Waals surface area contributed by atoms with Crippen LogP contribution < -0.4 is 14.9 Å². The minimum absolute atomic E-state index is 0.317. The highest BCUT2D eigenvalue weighted by Gasteiger charge is 2.10. The Bertz CT molecular complexity index is 727. The van der Waals surface area contributed by atoms with Gasteiger partial charge in [0.25, 0.3) is 5.91 Å². The third-order valence-electron chi connectivity index (χ3n) is 3.23. The number of hydrazone groups is 1. The Balaban J connectivity index is 2.12. The lowest BCUT2D eigenvalue weighted by Crippen LogP contribution is -2.19. The fourth-order valence-electron chi connectivity index (χ4n) is 1.93. The van der Waals surface area contributed by atoms with Crippen LogP contribution >= 0.6 is 15.9 Å². The zero-order valence-electron chi connectivity index (χ0n) is 13.1. The second kappa shape index (κ2) is 7.78. The average molecular weight is 377 g/mol. The predicted molar refractivity (Wildman–Crippen MR) is 93.4 cm³/mol. The number of halogens is 1. The van der Waals surface area contributed by atoms with Crippen LogP contribution in [0.25, 0.3) is 0 Å². The Morgan fingerprint density at radius 2 is 1.61 bits per heavy atom. The Hall–Kier alpha value is -2.34. The van der Waals surface area contributed by atoms with Crippen LogP contribution in [0, 0.1) is 0 Å². The van der Waals surface area contributed by atoms with Gasteiger partial charge in [0.1, 0.15) is 0 Å². The van der Waals surface area contributed by atoms with Crippen molar-refractivity contribution in [1.29, 1.82) is 0 Å². The first-order valence-electron chi connectivity index (χ1n) is 6.87. The van der Waals surface area contributed by atoms with Crippen molar-refractivity contribution in [3.05, 3.63) is 58.1 Å². The first kappa shape index (κ1) is 17.0. The molecule has 0 bridgehead atoms. The molecule has 0 unspecified atom stereocenters. The summed E-state index contributed by atoms with van der Waals surface area (Å²) in [4.78, 5) is 12.2. The molecule has 6 heteroatoms. The molecule has 1 N–H and O–H groups in total. The number of nitrogens with one attached hydrogen (secondary N) is 1. The van der Waals surface area contributed by atoms with E-state index in [0.717, 1.165) is 10.0 Å². The summed E-state index contributed by atoms with van der Waals surface area (Å²) < 4.78 is 11.3. The molecule has 0 aliphatic rings. The second-order valence-corrected chi connectivity index (χ2v) is 5.63. The molecule has 0 fully saturated rings. The molecular formula is C17H17BrN2O3. The van der Waals surface area contributed by atoms with Gasteiger partial charge in [-0.2, -0.15) is 5.10 Å². The lowest BCUT2D eigenvalue weighted by atomic mass is 10.1. The van der Waals surface area contributed by atoms with E-state index in [-0.39, 0.29) is 5.91 Å². The van der Waals surface area contributed by atoms with Crippen molar-refractivity contribution in [2.24, 2.45) is 5.10 Å². The lowest BCUT2D eigenvalue weighted by Gasteiger charge is -2.09. The Morgan fingerprint density at radius 1 is 1.00 bits per heavy atom. The summed E-state index contributed by atoms with van der Waals surface area (Å²) in [5.41, 5.74) is 4.63. The molecule has 0 atom stereocenters. The highest BCUT2D eigenvalue weighted by Crippen LogP contribution is 2.27. The van der Waals surface area contributed by atoms with Gasteiger partial charge in [0.2, 0.25) is 0 Å². The molecule has 0 saturated carbocycles. The molecule has 0 aliphatic heterocycles. The van der Waals surface area contributed by atoms with Crippen LogP contribution in [0.5, 0.6) is 11.5 Å². The highest BCUT2D eigenvalue weighted by atomic mass is 79.9. The Labute approximate surface area is 143 Å². The minimum atomic E-state index is -0.317. The van der Waals surface area contributed by atoms with Crippen molar-refractivity contribution in [1.82, 2.24) is 5.43 Å². The number of hydrogen-bond donors (Lipinski definition) is 1. The van der Waals surface area contributed by atoms with Crippen LogP contribution in [-0.2, 0) is 0 Å². The van der Waals surface area contributed by atoms with Crippen LogP contribution in [-0.4, -0.2) is 25.8 Å². The average Bonchev–Trinajstić information content (AvgIpc) is 2.59. The van der Waals surface area contributed by atoms with E-state index < -0.39 is 0 Å². The molecule has 0 spiro atoms. The largest absolute Gasteiger partial charge is 0.493 e. The quantitative estimate of drug-likeness (QED) is 0.640. The standard InChI is InChI=1S/C17H17BrN2O3/c1-11(12-4-7-14(18)8-5-12)19-20-17(21)13-6-9-15(22-2)16(10-13)23-3/h4-10H,1-3H3,(H,20,21)/b19-11-. The number of methoxy groups -OCH3 is 2. The molecule has 2 aromatic rings. The van der Waals surface area contributed by atoms with Gasteiger partial charge in [-0.25, -0.2) is 5.43 Å². The Kier molecular flexibility index (Phi) is 5.76. The van der Waals surface area contributed by atoms with Gasteiger partial charge in [0.05, 0.1) is 19.9 Å². The molecule has 2 aromatic carbocycles. The molecule has 0 aromatic heterocycles. The van der Waals surface area contributed by atoms with Gasteiger partial charge < -0.3 is 9.47 Å². The van der Waals surface area contributed by atoms with Gasteiger partial charge in [-0.15, -0.1) is 0 Å². The number of nitrogens with zero attached hydrogens (tertiary/aromatic N) is 1. The monoisotopic (exact) mass is 376 g/mol. The summed E-state index contributed by atoms with van der Waals surface area (Å²) in [5.74, 6) is 0.745. The van der Waals surface area contributed by atoms with Crippen LogP contribution in [0.15, 0.2) is 52.0 Å². The predicted octanol–water partition coefficient (Wildman–Crippen LogP) is 3.62. The zero-order chi connectivity index (χ0) is 16.8. The minimum Gasteiger partial charge on any atom is -0.493 e. The number of hydrogen-bond acceptors (Lipinski definition) is 4. The van der Waals surface area contributed by atoms with Crippen molar-refractivity contribution in [2.75, 3.05) is 14.2 Å². The maximum atomic E-state index is 12.2. The van der Waals surface area contributed by atoms with Gasteiger partial charge in [0.15, 0.2) is 11.5 Å². The van der Waals surface area contributed by atoms with E-state index in [1.807, 2.05) is 31.2 Å². The van der Waals surface area contributed by atoms with Crippen molar-refractivity contribution >= 4 is 27.5 Å². The van der Waals surface area contributed by atoms with E-state index in [2.05, 4.69) is 26.5 Å². The molecule has 120 valence electrons. The SMILES string of the molecule is COc1ccc(C(=O)N/N=C(/C)c2ccc(Br)cc2)cc1OC. The number of amides is 1. The molecule has 1 amide bonds. The highest BCUT2D eigenvalue weighted by molar-refractivity contribution is 9.10. The van der Waals surface area contributed by atoms with E-state index in [9.17, 15) is 4.79 Å². The lowest BCUT2D eigenvalue weighted by molar-refractivity contribution is 0.0954. The number of ether oxygens (including phenoxy) is 2. The van der Waals surface area contributed by atoms with E-state index in [0.29, 0.717) is 22.8 Å². The topological polar surface area (TPSA) is 59.9 Å². The van der Waals surface area contributed by atoms with E-state index in [4.69, 9.17) is 9.47 Å². The summed E-state index contributed by atoms with van der Waals surface area (Å²) in [6, 6.07) is 12.6. The summed E-state index contributed by atoms with van der Waals surface area (Å²) in [7, 11) is 3.07. The van der Waals surface area contributed by atoms with Crippen LogP contribution in [0.1, 0.15) is 22.8 Å². The third kappa shape index (κ3) is 4.32. The van der Waals surface area contributed by atoms with Gasteiger partial charge in [-0.1, -0.05) is 28.1 Å². The smallest absolute Gasteiger partial charge is 0.271 e. The van der Waals surface area contributed by atoms with Gasteiger partial charge >= 0.3 is 0 Å². The fourth-order valence-corrected chi connectivity index (χ4v) is 2.20. The van der Waals surface area contributed by atoms with Gasteiger partial charge in [0, 0.05) is 10.0 Å². The zero-order valence-corrected chi connectivity index (χ0v) is 14.7. The summed E-state index contributed by atoms with van der Waals surface area (Å²) in [6.07, 6.45) is 0. The molecule has 0 heterocycles. The van der Waals surface area contributed by atoms with Crippen LogP contribution in [0.2, 0.25) is 0 Å². The number of benzene rings is 2. The second-order valence-electron chi connectivity index (χ2n) is 4.71. The summed E-state index contributed by atoms with van der Waals surface area (Å²) in [5, 5.41) is 4.13. The molecule has 0 aliphatic carbocycles. The van der Waals surface area contributed by atoms with Crippen molar-refractivity contribution in [3.8, 4) is 11.5 Å². The van der Waals surface area contributed by atoms with Crippen molar-refractivity contribution < 1.29 is 14.3 Å². The fraction of sp³-hybridized carbons (Fsp3) is 0.176. The van der Waals surface area contributed by atoms with E-state index in [1.54, 1.807) is 25.3 Å². The molecule has 0 saturated heterocycles. The first-order valence-corrected chi connectivity index (χ1v) is 7.67. The van der Waals surface area contributed by atoms with Gasteiger partial charge in [-0.3, -0.25) is 4.79 Å². The Morgan fingerprint density at radius 3 is 2.22 bits per heavy atom.